The van der Waals surface area contributed by atoms with Crippen molar-refractivity contribution >= 4 is 97.5 Å². The van der Waals surface area contributed by atoms with Crippen molar-refractivity contribution in [2.75, 3.05) is 21.3 Å². The third-order valence-corrected chi connectivity index (χ3v) is 9.89. The number of hydrogen-bond acceptors (Lipinski definition) is 5. The summed E-state index contributed by atoms with van der Waals surface area (Å²) in [5.41, 5.74) is 3.42. The van der Waals surface area contributed by atoms with Crippen LogP contribution in [0.15, 0.2) is 126 Å². The van der Waals surface area contributed by atoms with Crippen molar-refractivity contribution in [2.45, 2.75) is 0 Å². The zero-order valence-corrected chi connectivity index (χ0v) is 35.0. The lowest BCUT2D eigenvalue weighted by molar-refractivity contribution is 0.412. The third kappa shape index (κ3) is 14.3. The highest BCUT2D eigenvalue weighted by Gasteiger charge is 2.11. The summed E-state index contributed by atoms with van der Waals surface area (Å²) < 4.78 is 43.3. The van der Waals surface area contributed by atoms with Gasteiger partial charge in [-0.25, -0.2) is 8.78 Å². The fraction of sp³-hybridized carbons (Fsp3) is 0.0769. The standard InChI is InChI=1S/C13H9ClFIO.C13H10ClFO.C7H6BrClO.C6H6BClO2/c1-17-13-6-10(11(14)7-12(13)16)8-3-2-4-9(15)5-8;1-16-11-5-6-13(14)12(8-11)9-3-2-4-10(15)7-9;1-10-5-2-3-7(9)6(8)4-5;8-6-3-1-2-5(4-6)7(9)10/h2-7H,1H3;2-8H,1H3;2-4H,1H3;1-4,9-10H. The van der Waals surface area contributed by atoms with Gasteiger partial charge in [0, 0.05) is 30.7 Å². The molecule has 0 saturated heterocycles. The van der Waals surface area contributed by atoms with Gasteiger partial charge < -0.3 is 24.3 Å². The maximum absolute atomic E-state index is 13.2. The van der Waals surface area contributed by atoms with E-state index >= 15 is 0 Å². The molecule has 0 saturated carbocycles. The Balaban J connectivity index is 0.000000196. The van der Waals surface area contributed by atoms with Gasteiger partial charge in [-0.2, -0.15) is 0 Å². The van der Waals surface area contributed by atoms with Crippen LogP contribution >= 0.6 is 84.9 Å². The first-order valence-electron chi connectivity index (χ1n) is 15.2. The van der Waals surface area contributed by atoms with Crippen LogP contribution < -0.4 is 19.7 Å². The molecule has 0 atom stereocenters. The summed E-state index contributed by atoms with van der Waals surface area (Å²) in [6.07, 6.45) is 0. The fourth-order valence-electron chi connectivity index (χ4n) is 4.34. The van der Waals surface area contributed by atoms with Crippen LogP contribution in [-0.4, -0.2) is 38.5 Å². The number of hydrogen-bond donors (Lipinski definition) is 2. The van der Waals surface area contributed by atoms with Crippen molar-refractivity contribution < 1.29 is 33.0 Å². The number of ether oxygens (including phenoxy) is 3. The van der Waals surface area contributed by atoms with Crippen molar-refractivity contribution in [1.29, 1.82) is 0 Å². The molecule has 6 aromatic carbocycles. The molecule has 6 aromatic rings. The molecule has 0 heterocycles. The maximum Gasteiger partial charge on any atom is 0.488 e. The number of methoxy groups -OCH3 is 3. The predicted octanol–water partition coefficient (Wildman–Crippen LogP) is 12.0. The Labute approximate surface area is 349 Å². The van der Waals surface area contributed by atoms with Gasteiger partial charge in [0.15, 0.2) is 0 Å². The third-order valence-electron chi connectivity index (χ3n) is 6.96. The zero-order chi connectivity index (χ0) is 39.1. The first-order valence-corrected chi connectivity index (χ1v) is 18.6. The van der Waals surface area contributed by atoms with Crippen molar-refractivity contribution in [3.63, 3.8) is 0 Å². The molecular formula is C39H31BBrCl4F2IO5. The van der Waals surface area contributed by atoms with Crippen molar-refractivity contribution in [1.82, 2.24) is 0 Å². The second-order valence-electron chi connectivity index (χ2n) is 10.5. The molecule has 0 unspecified atom stereocenters. The predicted molar refractivity (Wildman–Crippen MR) is 226 cm³/mol. The minimum atomic E-state index is -1.43. The average Bonchev–Trinajstić information content (AvgIpc) is 3.14. The van der Waals surface area contributed by atoms with Gasteiger partial charge in [0.2, 0.25) is 0 Å². The molecule has 14 heteroatoms. The van der Waals surface area contributed by atoms with Crippen LogP contribution in [-0.2, 0) is 0 Å². The summed E-state index contributed by atoms with van der Waals surface area (Å²) in [7, 11) is 3.37. The molecule has 0 aromatic heterocycles. The smallest absolute Gasteiger partial charge is 0.488 e. The molecule has 0 bridgehead atoms. The first-order chi connectivity index (χ1) is 25.3. The highest BCUT2D eigenvalue weighted by molar-refractivity contribution is 14.1. The van der Waals surface area contributed by atoms with Crippen LogP contribution in [0.1, 0.15) is 0 Å². The molecule has 53 heavy (non-hydrogen) atoms. The summed E-state index contributed by atoms with van der Waals surface area (Å²) in [6, 6.07) is 33.4. The van der Waals surface area contributed by atoms with E-state index in [1.165, 1.54) is 30.3 Å². The Morgan fingerprint density at radius 3 is 1.58 bits per heavy atom. The van der Waals surface area contributed by atoms with Crippen molar-refractivity contribution in [3.8, 4) is 39.5 Å². The normalized spacial score (nSPS) is 9.98. The molecular weight excluding hydrogens is 946 g/mol. The van der Waals surface area contributed by atoms with E-state index in [0.717, 1.165) is 41.8 Å². The molecule has 0 radical (unpaired) electrons. The molecule has 0 amide bonds. The van der Waals surface area contributed by atoms with E-state index in [-0.39, 0.29) is 11.6 Å². The van der Waals surface area contributed by atoms with Gasteiger partial charge in [-0.3, -0.25) is 0 Å². The van der Waals surface area contributed by atoms with Crippen LogP contribution in [0, 0.1) is 15.2 Å². The minimum absolute atomic E-state index is 0.281. The molecule has 276 valence electrons. The second kappa shape index (κ2) is 22.3. The summed E-state index contributed by atoms with van der Waals surface area (Å²) in [6.45, 7) is 0. The average molecular weight is 977 g/mol. The van der Waals surface area contributed by atoms with Crippen LogP contribution in [0.25, 0.3) is 22.3 Å². The Morgan fingerprint density at radius 2 is 1.11 bits per heavy atom. The molecule has 0 spiro atoms. The molecule has 2 N–H and O–H groups in total. The van der Waals surface area contributed by atoms with E-state index in [4.69, 9.17) is 70.7 Å². The van der Waals surface area contributed by atoms with Gasteiger partial charge in [0.1, 0.15) is 28.9 Å². The summed E-state index contributed by atoms with van der Waals surface area (Å²) in [5.74, 6) is 1.67. The molecule has 0 aliphatic heterocycles. The quantitative estimate of drug-likeness (QED) is 0.129. The van der Waals surface area contributed by atoms with E-state index in [2.05, 4.69) is 38.5 Å². The zero-order valence-electron chi connectivity index (χ0n) is 28.3. The van der Waals surface area contributed by atoms with Gasteiger partial charge in [0.05, 0.1) is 29.9 Å². The number of benzene rings is 6. The topological polar surface area (TPSA) is 68.2 Å². The van der Waals surface area contributed by atoms with E-state index in [0.29, 0.717) is 31.3 Å². The van der Waals surface area contributed by atoms with Crippen LogP contribution in [0.4, 0.5) is 8.78 Å². The van der Waals surface area contributed by atoms with Crippen LogP contribution in [0.2, 0.25) is 20.1 Å². The Hall–Kier alpha value is -3.07. The van der Waals surface area contributed by atoms with Crippen LogP contribution in [0.3, 0.4) is 0 Å². The Bertz CT molecular complexity index is 2110. The van der Waals surface area contributed by atoms with Gasteiger partial charge in [-0.05, 0) is 140 Å². The monoisotopic (exact) mass is 974 g/mol. The Kier molecular flexibility index (Phi) is 18.7. The summed E-state index contributed by atoms with van der Waals surface area (Å²) in [5, 5.41) is 19.6. The van der Waals surface area contributed by atoms with Crippen molar-refractivity contribution in [2.24, 2.45) is 0 Å². The highest BCUT2D eigenvalue weighted by Crippen LogP contribution is 2.35. The Morgan fingerprint density at radius 1 is 0.585 bits per heavy atom. The maximum atomic E-state index is 13.2. The van der Waals surface area contributed by atoms with Gasteiger partial charge >= 0.3 is 7.12 Å². The van der Waals surface area contributed by atoms with Crippen molar-refractivity contribution in [3.05, 3.63) is 161 Å². The van der Waals surface area contributed by atoms with Gasteiger partial charge in [-0.15, -0.1) is 0 Å². The lowest BCUT2D eigenvalue weighted by Crippen LogP contribution is -2.29. The molecule has 5 nitrogen and oxygen atoms in total. The summed E-state index contributed by atoms with van der Waals surface area (Å²) >= 11 is 28.9. The number of rotatable bonds is 6. The molecule has 0 aliphatic rings. The largest absolute Gasteiger partial charge is 0.497 e. The lowest BCUT2D eigenvalue weighted by atomic mass is 9.81. The molecule has 6 rings (SSSR count). The lowest BCUT2D eigenvalue weighted by Gasteiger charge is -2.09. The van der Waals surface area contributed by atoms with Gasteiger partial charge in [-0.1, -0.05) is 82.8 Å². The van der Waals surface area contributed by atoms with Crippen LogP contribution in [0.5, 0.6) is 17.2 Å². The second-order valence-corrected chi connectivity index (χ2v) is 14.2. The van der Waals surface area contributed by atoms with E-state index in [9.17, 15) is 8.78 Å². The minimum Gasteiger partial charge on any atom is -0.497 e. The van der Waals surface area contributed by atoms with E-state index in [1.54, 1.807) is 82.0 Å². The van der Waals surface area contributed by atoms with E-state index in [1.807, 2.05) is 30.3 Å². The number of halogens is 8. The van der Waals surface area contributed by atoms with Gasteiger partial charge in [0.25, 0.3) is 0 Å². The SMILES string of the molecule is COc1cc(-c2cccc(F)c2)c(Cl)cc1I.COc1ccc(Cl)c(-c2cccc(F)c2)c1.COc1ccc(Cl)c(Br)c1.OB(O)c1cccc(Cl)c1. The highest BCUT2D eigenvalue weighted by atomic mass is 127. The molecule has 0 fully saturated rings. The molecule has 0 aliphatic carbocycles. The first kappa shape index (κ1) is 44.3. The fourth-order valence-corrected chi connectivity index (χ4v) is 6.39. The van der Waals surface area contributed by atoms with E-state index < -0.39 is 7.12 Å². The summed E-state index contributed by atoms with van der Waals surface area (Å²) in [4.78, 5) is 0.